The van der Waals surface area contributed by atoms with Crippen molar-refractivity contribution in [1.29, 1.82) is 0 Å². The first-order chi connectivity index (χ1) is 10.6. The topological polar surface area (TPSA) is 29.1 Å². The number of benzene rings is 2. The first-order valence-corrected chi connectivity index (χ1v) is 8.78. The molecule has 2 nitrogen and oxygen atoms in total. The van der Waals surface area contributed by atoms with Crippen molar-refractivity contribution in [3.63, 3.8) is 0 Å². The minimum atomic E-state index is 0.0718. The molecule has 0 fully saturated rings. The number of carbonyl (C=O) groups excluding carboxylic acids is 1. The van der Waals surface area contributed by atoms with Crippen molar-refractivity contribution in [3.05, 3.63) is 64.7 Å². The summed E-state index contributed by atoms with van der Waals surface area (Å²) in [6.07, 6.45) is 0.924. The van der Waals surface area contributed by atoms with E-state index >= 15 is 0 Å². The maximum absolute atomic E-state index is 12.2. The molecule has 0 atom stereocenters. The molecular formula is C19H23NOS. The number of aryl methyl sites for hydroxylation is 3. The van der Waals surface area contributed by atoms with Crippen molar-refractivity contribution < 1.29 is 4.79 Å². The Bertz CT molecular complexity index is 652. The number of thioether (sulfide) groups is 1. The van der Waals surface area contributed by atoms with Gasteiger partial charge in [-0.1, -0.05) is 49.4 Å². The van der Waals surface area contributed by atoms with Gasteiger partial charge in [0.2, 0.25) is 5.91 Å². The highest BCUT2D eigenvalue weighted by Gasteiger charge is 2.09. The minimum Gasteiger partial charge on any atom is -0.325 e. The van der Waals surface area contributed by atoms with Crippen molar-refractivity contribution in [2.75, 3.05) is 11.1 Å². The second kappa shape index (κ2) is 8.04. The van der Waals surface area contributed by atoms with Crippen LogP contribution in [0, 0.1) is 13.8 Å². The van der Waals surface area contributed by atoms with E-state index in [1.54, 1.807) is 11.8 Å². The van der Waals surface area contributed by atoms with Crippen molar-refractivity contribution in [2.24, 2.45) is 0 Å². The van der Waals surface area contributed by atoms with Crippen molar-refractivity contribution >= 4 is 23.4 Å². The molecule has 2 aromatic carbocycles. The van der Waals surface area contributed by atoms with Gasteiger partial charge in [-0.2, -0.15) is 0 Å². The average Bonchev–Trinajstić information content (AvgIpc) is 2.51. The highest BCUT2D eigenvalue weighted by molar-refractivity contribution is 7.99. The molecule has 2 aromatic rings. The first-order valence-electron chi connectivity index (χ1n) is 7.62. The predicted octanol–water partition coefficient (Wildman–Crippen LogP) is 4.74. The lowest BCUT2D eigenvalue weighted by molar-refractivity contribution is -0.113. The lowest BCUT2D eigenvalue weighted by Gasteiger charge is -2.13. The van der Waals surface area contributed by atoms with E-state index in [-0.39, 0.29) is 5.91 Å². The lowest BCUT2D eigenvalue weighted by Crippen LogP contribution is -2.16. The largest absolute Gasteiger partial charge is 0.325 e. The van der Waals surface area contributed by atoms with Crippen LogP contribution in [0.1, 0.15) is 29.2 Å². The van der Waals surface area contributed by atoms with E-state index in [4.69, 9.17) is 0 Å². The summed E-state index contributed by atoms with van der Waals surface area (Å²) in [5.41, 5.74) is 5.87. The van der Waals surface area contributed by atoms with E-state index in [9.17, 15) is 4.79 Å². The normalized spacial score (nSPS) is 10.5. The molecule has 1 amide bonds. The van der Waals surface area contributed by atoms with Gasteiger partial charge in [0.05, 0.1) is 5.75 Å². The molecule has 0 bridgehead atoms. The van der Waals surface area contributed by atoms with E-state index in [0.717, 1.165) is 23.4 Å². The summed E-state index contributed by atoms with van der Waals surface area (Å²) in [6, 6.07) is 14.5. The maximum atomic E-state index is 12.2. The molecule has 0 radical (unpaired) electrons. The molecule has 0 saturated heterocycles. The zero-order valence-electron chi connectivity index (χ0n) is 13.5. The summed E-state index contributed by atoms with van der Waals surface area (Å²) in [6.45, 7) is 6.25. The highest BCUT2D eigenvalue weighted by atomic mass is 32.2. The lowest BCUT2D eigenvalue weighted by atomic mass is 10.1. The molecule has 0 aromatic heterocycles. The SMILES string of the molecule is CCc1cccc(C)c1NC(=O)CSCc1ccccc1C. The van der Waals surface area contributed by atoms with E-state index in [1.807, 2.05) is 31.2 Å². The fraction of sp³-hybridized carbons (Fsp3) is 0.316. The quantitative estimate of drug-likeness (QED) is 0.834. The molecule has 0 aliphatic rings. The Balaban J connectivity index is 1.90. The van der Waals surface area contributed by atoms with Gasteiger partial charge in [0.25, 0.3) is 0 Å². The number of para-hydroxylation sites is 1. The van der Waals surface area contributed by atoms with Gasteiger partial charge >= 0.3 is 0 Å². The fourth-order valence-corrected chi connectivity index (χ4v) is 3.31. The monoisotopic (exact) mass is 313 g/mol. The van der Waals surface area contributed by atoms with Crippen LogP contribution in [0.15, 0.2) is 42.5 Å². The second-order valence-electron chi connectivity index (χ2n) is 5.43. The van der Waals surface area contributed by atoms with Crippen LogP contribution in [-0.2, 0) is 17.0 Å². The Labute approximate surface area is 137 Å². The minimum absolute atomic E-state index is 0.0718. The van der Waals surface area contributed by atoms with Gasteiger partial charge in [-0.25, -0.2) is 0 Å². The van der Waals surface area contributed by atoms with Crippen LogP contribution in [0.25, 0.3) is 0 Å². The third-order valence-electron chi connectivity index (χ3n) is 3.76. The number of carbonyl (C=O) groups is 1. The van der Waals surface area contributed by atoms with Crippen molar-refractivity contribution in [3.8, 4) is 0 Å². The number of rotatable bonds is 6. The van der Waals surface area contributed by atoms with Gasteiger partial charge in [-0.15, -0.1) is 11.8 Å². The standard InChI is InChI=1S/C19H23NOS/c1-4-16-11-7-9-15(3)19(16)20-18(21)13-22-12-17-10-6-5-8-14(17)2/h5-11H,4,12-13H2,1-3H3,(H,20,21). The average molecular weight is 313 g/mol. The summed E-state index contributed by atoms with van der Waals surface area (Å²) < 4.78 is 0. The summed E-state index contributed by atoms with van der Waals surface area (Å²) in [5, 5.41) is 3.07. The van der Waals surface area contributed by atoms with Crippen LogP contribution >= 0.6 is 11.8 Å². The Kier molecular flexibility index (Phi) is 6.08. The van der Waals surface area contributed by atoms with Crippen LogP contribution in [0.5, 0.6) is 0 Å². The molecule has 3 heteroatoms. The Morgan fingerprint density at radius 1 is 1.00 bits per heavy atom. The van der Waals surface area contributed by atoms with Crippen molar-refractivity contribution in [1.82, 2.24) is 0 Å². The molecule has 0 spiro atoms. The predicted molar refractivity (Wildman–Crippen MR) is 96.5 cm³/mol. The molecule has 0 unspecified atom stereocenters. The van der Waals surface area contributed by atoms with Gasteiger partial charge in [-0.3, -0.25) is 4.79 Å². The fourth-order valence-electron chi connectivity index (χ4n) is 2.40. The number of nitrogens with one attached hydrogen (secondary N) is 1. The summed E-state index contributed by atoms with van der Waals surface area (Å²) >= 11 is 1.66. The van der Waals surface area contributed by atoms with E-state index in [0.29, 0.717) is 5.75 Å². The Morgan fingerprint density at radius 2 is 1.68 bits per heavy atom. The Hall–Kier alpha value is -1.74. The Morgan fingerprint density at radius 3 is 2.41 bits per heavy atom. The summed E-state index contributed by atoms with van der Waals surface area (Å²) in [7, 11) is 0. The van der Waals surface area contributed by atoms with Crippen LogP contribution < -0.4 is 5.32 Å². The molecular weight excluding hydrogens is 290 g/mol. The zero-order chi connectivity index (χ0) is 15.9. The zero-order valence-corrected chi connectivity index (χ0v) is 14.3. The van der Waals surface area contributed by atoms with Gasteiger partial charge in [0.15, 0.2) is 0 Å². The summed E-state index contributed by atoms with van der Waals surface area (Å²) in [4.78, 5) is 12.2. The van der Waals surface area contributed by atoms with Crippen LogP contribution in [0.4, 0.5) is 5.69 Å². The first kappa shape index (κ1) is 16.6. The molecule has 0 aliphatic heterocycles. The van der Waals surface area contributed by atoms with Gasteiger partial charge in [0.1, 0.15) is 0 Å². The molecule has 0 aliphatic carbocycles. The molecule has 22 heavy (non-hydrogen) atoms. The molecule has 0 saturated carbocycles. The van der Waals surface area contributed by atoms with Gasteiger partial charge < -0.3 is 5.32 Å². The smallest absolute Gasteiger partial charge is 0.234 e. The van der Waals surface area contributed by atoms with Crippen molar-refractivity contribution in [2.45, 2.75) is 32.9 Å². The van der Waals surface area contributed by atoms with E-state index in [2.05, 4.69) is 37.4 Å². The van der Waals surface area contributed by atoms with Crippen LogP contribution in [0.3, 0.4) is 0 Å². The molecule has 1 N–H and O–H groups in total. The van der Waals surface area contributed by atoms with E-state index < -0.39 is 0 Å². The van der Waals surface area contributed by atoms with E-state index in [1.165, 1.54) is 16.7 Å². The highest BCUT2D eigenvalue weighted by Crippen LogP contribution is 2.22. The van der Waals surface area contributed by atoms with Crippen LogP contribution in [0.2, 0.25) is 0 Å². The molecule has 2 rings (SSSR count). The van der Waals surface area contributed by atoms with Gasteiger partial charge in [-0.05, 0) is 42.5 Å². The molecule has 0 heterocycles. The third kappa shape index (κ3) is 4.38. The number of hydrogen-bond donors (Lipinski definition) is 1. The number of amides is 1. The third-order valence-corrected chi connectivity index (χ3v) is 4.74. The second-order valence-corrected chi connectivity index (χ2v) is 6.42. The maximum Gasteiger partial charge on any atom is 0.234 e. The number of hydrogen-bond acceptors (Lipinski definition) is 2. The molecule has 116 valence electrons. The number of anilines is 1. The van der Waals surface area contributed by atoms with Crippen LogP contribution in [-0.4, -0.2) is 11.7 Å². The summed E-state index contributed by atoms with van der Waals surface area (Å²) in [5.74, 6) is 1.42. The van der Waals surface area contributed by atoms with Gasteiger partial charge in [0, 0.05) is 11.4 Å².